The van der Waals surface area contributed by atoms with Crippen molar-refractivity contribution in [2.75, 3.05) is 43.9 Å². The number of fused-ring (bicyclic) bond motifs is 1. The summed E-state index contributed by atoms with van der Waals surface area (Å²) in [6.45, 7) is 13.9. The van der Waals surface area contributed by atoms with E-state index in [1.807, 2.05) is 26.8 Å². The molecule has 0 unspecified atom stereocenters. The largest absolute Gasteiger partial charge is 0.497 e. The van der Waals surface area contributed by atoms with Crippen molar-refractivity contribution in [1.82, 2.24) is 25.2 Å². The summed E-state index contributed by atoms with van der Waals surface area (Å²) < 4.78 is 5.40. The number of carbonyl (C=O) groups is 1. The zero-order chi connectivity index (χ0) is 29.1. The van der Waals surface area contributed by atoms with Crippen LogP contribution >= 0.6 is 0 Å². The third-order valence-corrected chi connectivity index (χ3v) is 5.98. The molecule has 0 fully saturated rings. The number of carbonyl (C=O) groups excluding carboxylic acids is 1. The summed E-state index contributed by atoms with van der Waals surface area (Å²) in [5, 5.41) is 12.8. The number of methoxy groups -OCH3 is 1. The molecule has 13 nitrogen and oxygen atoms in total. The van der Waals surface area contributed by atoms with Gasteiger partial charge in [0.15, 0.2) is 5.65 Å². The van der Waals surface area contributed by atoms with E-state index in [2.05, 4.69) is 59.8 Å². The van der Waals surface area contributed by atoms with Crippen molar-refractivity contribution < 1.29 is 14.4 Å². The van der Waals surface area contributed by atoms with E-state index in [9.17, 15) is 4.79 Å². The lowest BCUT2D eigenvalue weighted by Crippen LogP contribution is -2.43. The number of rotatable bonds is 13. The average molecular weight is 551 g/mol. The van der Waals surface area contributed by atoms with Crippen LogP contribution in [0.4, 0.5) is 16.6 Å². The Kier molecular flexibility index (Phi) is 10.7. The Morgan fingerprint density at radius 2 is 1.85 bits per heavy atom. The minimum Gasteiger partial charge on any atom is -0.497 e. The van der Waals surface area contributed by atoms with Gasteiger partial charge in [-0.1, -0.05) is 13.8 Å². The fraction of sp³-hybridized carbons (Fsp3) is 0.481. The third-order valence-electron chi connectivity index (χ3n) is 5.98. The van der Waals surface area contributed by atoms with Gasteiger partial charge in [-0.2, -0.15) is 4.98 Å². The second-order valence-electron chi connectivity index (χ2n) is 10.1. The van der Waals surface area contributed by atoms with Crippen LogP contribution in [-0.4, -0.2) is 64.7 Å². The summed E-state index contributed by atoms with van der Waals surface area (Å²) in [4.78, 5) is 36.7. The molecule has 0 bridgehead atoms. The Bertz CT molecular complexity index is 1350. The van der Waals surface area contributed by atoms with Gasteiger partial charge >= 0.3 is 6.03 Å². The summed E-state index contributed by atoms with van der Waals surface area (Å²) in [7, 11) is 1.51. The number of amides is 2. The number of anilines is 2. The lowest BCUT2D eigenvalue weighted by Gasteiger charge is -2.21. The quantitative estimate of drug-likeness (QED) is 0.0795. The zero-order valence-corrected chi connectivity index (χ0v) is 24.0. The van der Waals surface area contributed by atoms with E-state index in [1.165, 1.54) is 7.11 Å². The first-order valence-corrected chi connectivity index (χ1v) is 13.3. The molecule has 214 valence electrons. The van der Waals surface area contributed by atoms with Gasteiger partial charge in [0, 0.05) is 40.2 Å². The Morgan fingerprint density at radius 3 is 2.52 bits per heavy atom. The summed E-state index contributed by atoms with van der Waals surface area (Å²) in [5.74, 6) is 1.46. The molecule has 13 heteroatoms. The zero-order valence-electron chi connectivity index (χ0n) is 24.0. The SMILES string of the molecule is CCN(CC)CCCCNc1ncc2cc(-c3cc(OC)cc(ON=[N+]=[N-])c3)c(NC(=O)NC(C)(C)C)nc2n1. The number of azide groups is 1. The van der Waals surface area contributed by atoms with Crippen molar-refractivity contribution in [3.63, 3.8) is 0 Å². The van der Waals surface area contributed by atoms with Crippen molar-refractivity contribution in [2.45, 2.75) is 53.0 Å². The molecule has 2 amide bonds. The van der Waals surface area contributed by atoms with E-state index in [0.717, 1.165) is 39.0 Å². The highest BCUT2D eigenvalue weighted by Gasteiger charge is 2.19. The van der Waals surface area contributed by atoms with Crippen molar-refractivity contribution in [3.8, 4) is 22.6 Å². The second-order valence-corrected chi connectivity index (χ2v) is 10.1. The smallest absolute Gasteiger partial charge is 0.320 e. The van der Waals surface area contributed by atoms with Gasteiger partial charge in [-0.25, -0.2) is 14.8 Å². The summed E-state index contributed by atoms with van der Waals surface area (Å²) in [6.07, 6.45) is 3.75. The number of nitrogens with zero attached hydrogens (tertiary/aromatic N) is 7. The maximum atomic E-state index is 12.8. The first kappa shape index (κ1) is 30.2. The van der Waals surface area contributed by atoms with Crippen LogP contribution in [0.3, 0.4) is 0 Å². The van der Waals surface area contributed by atoms with E-state index in [4.69, 9.17) is 15.1 Å². The second kappa shape index (κ2) is 14.2. The maximum absolute atomic E-state index is 12.8. The molecule has 0 aliphatic rings. The van der Waals surface area contributed by atoms with E-state index < -0.39 is 11.6 Å². The minimum atomic E-state index is -0.460. The number of aromatic nitrogens is 3. The van der Waals surface area contributed by atoms with E-state index in [0.29, 0.717) is 33.9 Å². The van der Waals surface area contributed by atoms with Crippen molar-refractivity contribution in [1.29, 1.82) is 0 Å². The number of hydrogen-bond acceptors (Lipinski definition) is 9. The molecule has 0 saturated heterocycles. The van der Waals surface area contributed by atoms with Crippen molar-refractivity contribution in [2.24, 2.45) is 5.28 Å². The van der Waals surface area contributed by atoms with E-state index >= 15 is 0 Å². The summed E-state index contributed by atoms with van der Waals surface area (Å²) in [5.41, 5.74) is 9.80. The van der Waals surface area contributed by atoms with Gasteiger partial charge in [0.2, 0.25) is 5.95 Å². The van der Waals surface area contributed by atoms with Crippen LogP contribution in [0, 0.1) is 0 Å². The van der Waals surface area contributed by atoms with Gasteiger partial charge in [0.1, 0.15) is 22.6 Å². The topological polar surface area (TPSA) is 162 Å². The van der Waals surface area contributed by atoms with Gasteiger partial charge < -0.3 is 25.1 Å². The molecule has 2 heterocycles. The van der Waals surface area contributed by atoms with E-state index in [1.54, 1.807) is 24.4 Å². The predicted molar refractivity (Wildman–Crippen MR) is 157 cm³/mol. The molecule has 0 saturated carbocycles. The van der Waals surface area contributed by atoms with Gasteiger partial charge in [-0.05, 0) is 82.5 Å². The minimum absolute atomic E-state index is 0.258. The highest BCUT2D eigenvalue weighted by Crippen LogP contribution is 2.35. The Labute approximate surface area is 234 Å². The standard InChI is InChI=1S/C27H38N10O3/c1-7-37(8-2)12-10-9-11-29-25-30-17-19-15-22(18-13-20(39-6)16-21(14-18)40-36-35-28)24(31-23(19)32-25)33-26(38)34-27(3,4)5/h13-17H,7-12H2,1-6H3,(H3,29,30,31,32,33,34,38). The lowest BCUT2D eigenvalue weighted by atomic mass is 10.0. The first-order chi connectivity index (χ1) is 19.1. The molecule has 0 spiro atoms. The summed E-state index contributed by atoms with van der Waals surface area (Å²) in [6, 6.07) is 6.40. The fourth-order valence-corrected chi connectivity index (χ4v) is 4.01. The molecular formula is C27H38N10O3. The van der Waals surface area contributed by atoms with Gasteiger partial charge in [-0.3, -0.25) is 5.32 Å². The number of hydrogen-bond donors (Lipinski definition) is 3. The predicted octanol–water partition coefficient (Wildman–Crippen LogP) is 5.76. The van der Waals surface area contributed by atoms with Crippen LogP contribution < -0.4 is 25.5 Å². The van der Waals surface area contributed by atoms with Gasteiger partial charge in [0.25, 0.3) is 0 Å². The molecule has 3 aromatic rings. The number of nitrogens with one attached hydrogen (secondary N) is 3. The number of ether oxygens (including phenoxy) is 1. The Balaban J connectivity index is 1.94. The number of urea groups is 1. The molecule has 0 aliphatic carbocycles. The highest BCUT2D eigenvalue weighted by molar-refractivity contribution is 5.96. The van der Waals surface area contributed by atoms with Crippen molar-refractivity contribution >= 4 is 28.8 Å². The molecule has 2 aromatic heterocycles. The maximum Gasteiger partial charge on any atom is 0.320 e. The highest BCUT2D eigenvalue weighted by atomic mass is 16.6. The van der Waals surface area contributed by atoms with Crippen molar-refractivity contribution in [3.05, 3.63) is 40.9 Å². The molecule has 0 atom stereocenters. The molecule has 3 N–H and O–H groups in total. The normalized spacial score (nSPS) is 11.2. The molecule has 0 aliphatic heterocycles. The fourth-order valence-electron chi connectivity index (χ4n) is 4.01. The molecule has 40 heavy (non-hydrogen) atoms. The van der Waals surface area contributed by atoms with Gasteiger partial charge in [0.05, 0.1) is 7.11 Å². The van der Waals surface area contributed by atoms with Crippen LogP contribution in [0.25, 0.3) is 32.6 Å². The molecule has 0 radical (unpaired) electrons. The van der Waals surface area contributed by atoms with Crippen LogP contribution in [0.1, 0.15) is 47.5 Å². The Morgan fingerprint density at radius 1 is 1.10 bits per heavy atom. The van der Waals surface area contributed by atoms with Gasteiger partial charge in [-0.15, -0.1) is 0 Å². The average Bonchev–Trinajstić information content (AvgIpc) is 2.92. The van der Waals surface area contributed by atoms with Crippen LogP contribution in [0.5, 0.6) is 11.5 Å². The van der Waals surface area contributed by atoms with E-state index in [-0.39, 0.29) is 11.6 Å². The third kappa shape index (κ3) is 8.85. The first-order valence-electron chi connectivity index (χ1n) is 13.3. The molecule has 1 aromatic carbocycles. The monoisotopic (exact) mass is 550 g/mol. The number of pyridine rings is 1. The molecule has 3 rings (SSSR count). The van der Waals surface area contributed by atoms with Crippen LogP contribution in [0.15, 0.2) is 35.7 Å². The van der Waals surface area contributed by atoms with Crippen LogP contribution in [-0.2, 0) is 0 Å². The number of benzene rings is 1. The van der Waals surface area contributed by atoms with Crippen LogP contribution in [0.2, 0.25) is 0 Å². The number of unbranched alkanes of at least 4 members (excludes halogenated alkanes) is 1. The molecular weight excluding hydrogens is 512 g/mol. The summed E-state index contributed by atoms with van der Waals surface area (Å²) >= 11 is 0. The lowest BCUT2D eigenvalue weighted by molar-refractivity contribution is 0.243. The Hall–Kier alpha value is -4.35.